The number of carbonyl (C=O) groups excluding carboxylic acids is 1. The van der Waals surface area contributed by atoms with Gasteiger partial charge in [-0.05, 0) is 25.2 Å². The van der Waals surface area contributed by atoms with Gasteiger partial charge < -0.3 is 20.9 Å². The van der Waals surface area contributed by atoms with Crippen molar-refractivity contribution in [3.05, 3.63) is 0 Å². The number of amides is 1. The maximum Gasteiger partial charge on any atom is 0.236 e. The molecule has 0 aliphatic rings. The zero-order valence-corrected chi connectivity index (χ0v) is 10.2. The van der Waals surface area contributed by atoms with Crippen molar-refractivity contribution in [2.75, 3.05) is 26.9 Å². The topological polar surface area (TPSA) is 84.6 Å². The van der Waals surface area contributed by atoms with E-state index in [1.165, 1.54) is 0 Å². The van der Waals surface area contributed by atoms with Crippen LogP contribution in [0.15, 0.2) is 0 Å². The highest BCUT2D eigenvalue weighted by molar-refractivity contribution is 5.81. The molecule has 0 saturated carbocycles. The summed E-state index contributed by atoms with van der Waals surface area (Å²) in [5, 5.41) is 11.5. The van der Waals surface area contributed by atoms with Gasteiger partial charge in [0.05, 0.1) is 6.04 Å². The van der Waals surface area contributed by atoms with Crippen LogP contribution in [-0.2, 0) is 9.53 Å². The number of nitrogens with two attached hydrogens (primary N) is 1. The van der Waals surface area contributed by atoms with Gasteiger partial charge in [0.15, 0.2) is 0 Å². The summed E-state index contributed by atoms with van der Waals surface area (Å²) in [4.78, 5) is 11.5. The molecule has 0 fully saturated rings. The summed E-state index contributed by atoms with van der Waals surface area (Å²) < 4.78 is 4.89. The summed E-state index contributed by atoms with van der Waals surface area (Å²) in [6.45, 7) is 3.32. The lowest BCUT2D eigenvalue weighted by Crippen LogP contribution is -2.42. The van der Waals surface area contributed by atoms with Crippen molar-refractivity contribution in [1.82, 2.24) is 5.32 Å². The lowest BCUT2D eigenvalue weighted by atomic mass is 10.1. The summed E-state index contributed by atoms with van der Waals surface area (Å²) in [6.07, 6.45) is 2.12. The van der Waals surface area contributed by atoms with Crippen LogP contribution in [0.5, 0.6) is 0 Å². The zero-order chi connectivity index (χ0) is 12.4. The smallest absolute Gasteiger partial charge is 0.236 e. The van der Waals surface area contributed by atoms with E-state index in [1.807, 2.05) is 6.92 Å². The first kappa shape index (κ1) is 15.3. The maximum atomic E-state index is 11.5. The van der Waals surface area contributed by atoms with Gasteiger partial charge in [0, 0.05) is 26.9 Å². The van der Waals surface area contributed by atoms with Gasteiger partial charge >= 0.3 is 0 Å². The lowest BCUT2D eigenvalue weighted by molar-refractivity contribution is -0.122. The first-order valence-corrected chi connectivity index (χ1v) is 5.74. The third-order valence-electron chi connectivity index (χ3n) is 2.45. The first-order chi connectivity index (χ1) is 7.61. The normalized spacial score (nSPS) is 14.5. The molecule has 4 N–H and O–H groups in total. The Labute approximate surface area is 97.3 Å². The molecule has 0 aliphatic heterocycles. The van der Waals surface area contributed by atoms with Gasteiger partial charge in [0.1, 0.15) is 0 Å². The van der Waals surface area contributed by atoms with Gasteiger partial charge in [-0.2, -0.15) is 0 Å². The molecule has 0 aromatic carbocycles. The van der Waals surface area contributed by atoms with E-state index in [9.17, 15) is 4.79 Å². The average molecular weight is 232 g/mol. The van der Waals surface area contributed by atoms with Crippen LogP contribution in [0.25, 0.3) is 0 Å². The fourth-order valence-corrected chi connectivity index (χ4v) is 1.31. The molecule has 1 amide bonds. The standard InChI is InChI=1S/C11H24N2O3/c1-9(5-6-14)8-13-11(15)10(12)4-3-7-16-2/h9-10,14H,3-8,12H2,1-2H3,(H,13,15). The molecule has 5 heteroatoms. The minimum Gasteiger partial charge on any atom is -0.396 e. The Morgan fingerprint density at radius 2 is 2.19 bits per heavy atom. The van der Waals surface area contributed by atoms with Gasteiger partial charge in [-0.15, -0.1) is 0 Å². The molecule has 0 aromatic rings. The van der Waals surface area contributed by atoms with E-state index in [0.29, 0.717) is 26.0 Å². The molecule has 96 valence electrons. The number of hydrogen-bond acceptors (Lipinski definition) is 4. The summed E-state index contributed by atoms with van der Waals surface area (Å²) in [6, 6.07) is -0.462. The lowest BCUT2D eigenvalue weighted by Gasteiger charge is -2.15. The fourth-order valence-electron chi connectivity index (χ4n) is 1.31. The van der Waals surface area contributed by atoms with Crippen LogP contribution in [0.3, 0.4) is 0 Å². The summed E-state index contributed by atoms with van der Waals surface area (Å²) in [5.74, 6) is 0.154. The Bertz CT molecular complexity index is 188. The Morgan fingerprint density at radius 3 is 2.75 bits per heavy atom. The van der Waals surface area contributed by atoms with Crippen molar-refractivity contribution >= 4 is 5.91 Å². The number of methoxy groups -OCH3 is 1. The van der Waals surface area contributed by atoms with Crippen molar-refractivity contribution in [2.24, 2.45) is 11.7 Å². The predicted molar refractivity (Wildman–Crippen MR) is 63.0 cm³/mol. The third kappa shape index (κ3) is 7.62. The number of aliphatic hydroxyl groups excluding tert-OH is 1. The van der Waals surface area contributed by atoms with Gasteiger partial charge in [-0.25, -0.2) is 0 Å². The van der Waals surface area contributed by atoms with Crippen LogP contribution < -0.4 is 11.1 Å². The second-order valence-corrected chi connectivity index (χ2v) is 4.10. The number of ether oxygens (including phenoxy) is 1. The van der Waals surface area contributed by atoms with Crippen molar-refractivity contribution in [2.45, 2.75) is 32.2 Å². The molecular formula is C11H24N2O3. The molecule has 0 bridgehead atoms. The van der Waals surface area contributed by atoms with Crippen LogP contribution in [-0.4, -0.2) is 43.9 Å². The second kappa shape index (κ2) is 9.57. The quantitative estimate of drug-likeness (QED) is 0.484. The van der Waals surface area contributed by atoms with Crippen LogP contribution in [0.2, 0.25) is 0 Å². The van der Waals surface area contributed by atoms with Crippen molar-refractivity contribution in [3.8, 4) is 0 Å². The Balaban J connectivity index is 3.62. The highest BCUT2D eigenvalue weighted by atomic mass is 16.5. The second-order valence-electron chi connectivity index (χ2n) is 4.10. The molecule has 16 heavy (non-hydrogen) atoms. The number of carbonyl (C=O) groups is 1. The molecule has 0 heterocycles. The van der Waals surface area contributed by atoms with Crippen molar-refractivity contribution in [3.63, 3.8) is 0 Å². The minimum absolute atomic E-state index is 0.124. The minimum atomic E-state index is -0.462. The number of aliphatic hydroxyl groups is 1. The molecule has 2 atom stereocenters. The van der Waals surface area contributed by atoms with Crippen molar-refractivity contribution in [1.29, 1.82) is 0 Å². The Hall–Kier alpha value is -0.650. The summed E-state index contributed by atoms with van der Waals surface area (Å²) in [7, 11) is 1.63. The van der Waals surface area contributed by atoms with Crippen LogP contribution in [0.1, 0.15) is 26.2 Å². The highest BCUT2D eigenvalue weighted by Gasteiger charge is 2.13. The largest absolute Gasteiger partial charge is 0.396 e. The van der Waals surface area contributed by atoms with E-state index in [0.717, 1.165) is 6.42 Å². The van der Waals surface area contributed by atoms with E-state index in [-0.39, 0.29) is 18.4 Å². The number of nitrogens with one attached hydrogen (secondary N) is 1. The summed E-state index contributed by atoms with van der Waals surface area (Å²) >= 11 is 0. The predicted octanol–water partition coefficient (Wildman–Crippen LogP) is -0.125. The third-order valence-corrected chi connectivity index (χ3v) is 2.45. The number of hydrogen-bond donors (Lipinski definition) is 3. The van der Waals surface area contributed by atoms with Gasteiger partial charge in [-0.1, -0.05) is 6.92 Å². The molecule has 0 radical (unpaired) electrons. The number of rotatable bonds is 9. The molecular weight excluding hydrogens is 208 g/mol. The SMILES string of the molecule is COCCCC(N)C(=O)NCC(C)CCO. The highest BCUT2D eigenvalue weighted by Crippen LogP contribution is 1.99. The monoisotopic (exact) mass is 232 g/mol. The molecule has 2 unspecified atom stereocenters. The summed E-state index contributed by atoms with van der Waals surface area (Å²) in [5.41, 5.74) is 5.70. The first-order valence-electron chi connectivity index (χ1n) is 5.74. The Morgan fingerprint density at radius 1 is 1.50 bits per heavy atom. The molecule has 0 aromatic heterocycles. The maximum absolute atomic E-state index is 11.5. The van der Waals surface area contributed by atoms with Gasteiger partial charge in [0.25, 0.3) is 0 Å². The molecule has 5 nitrogen and oxygen atoms in total. The van der Waals surface area contributed by atoms with E-state index >= 15 is 0 Å². The van der Waals surface area contributed by atoms with Crippen LogP contribution in [0.4, 0.5) is 0 Å². The molecule has 0 aliphatic carbocycles. The van der Waals surface area contributed by atoms with E-state index in [4.69, 9.17) is 15.6 Å². The Kier molecular flexibility index (Phi) is 9.18. The van der Waals surface area contributed by atoms with Gasteiger partial charge in [-0.3, -0.25) is 4.79 Å². The van der Waals surface area contributed by atoms with E-state index in [1.54, 1.807) is 7.11 Å². The molecule has 0 spiro atoms. The molecule has 0 saturated heterocycles. The average Bonchev–Trinajstić information content (AvgIpc) is 2.26. The van der Waals surface area contributed by atoms with Crippen LogP contribution >= 0.6 is 0 Å². The zero-order valence-electron chi connectivity index (χ0n) is 10.2. The molecule has 0 rings (SSSR count). The fraction of sp³-hybridized carbons (Fsp3) is 0.909. The van der Waals surface area contributed by atoms with Crippen molar-refractivity contribution < 1.29 is 14.6 Å². The van der Waals surface area contributed by atoms with E-state index < -0.39 is 6.04 Å². The van der Waals surface area contributed by atoms with Crippen LogP contribution in [0, 0.1) is 5.92 Å². The van der Waals surface area contributed by atoms with E-state index in [2.05, 4.69) is 5.32 Å². The van der Waals surface area contributed by atoms with Gasteiger partial charge in [0.2, 0.25) is 5.91 Å².